The molecule has 0 saturated heterocycles. The SMILES string of the molecule is C[C@@H](O)[C@@H](O)[C@H](O)[C@@H](O)[C@@H](O)[C@@H](O)[C@H](O)[C@@H](O)C=O. The molecule has 8 N–H and O–H groups in total. The summed E-state index contributed by atoms with van der Waals surface area (Å²) in [6, 6.07) is 0. The van der Waals surface area contributed by atoms with E-state index in [0.29, 0.717) is 0 Å². The number of rotatable bonds is 8. The molecular formula is C10H20O9. The Bertz CT molecular complexity index is 272. The van der Waals surface area contributed by atoms with Gasteiger partial charge in [0.05, 0.1) is 6.10 Å². The molecule has 0 saturated carbocycles. The minimum Gasteiger partial charge on any atom is -0.391 e. The summed E-state index contributed by atoms with van der Waals surface area (Å²) in [5, 5.41) is 74.2. The largest absolute Gasteiger partial charge is 0.391 e. The van der Waals surface area contributed by atoms with Gasteiger partial charge in [0, 0.05) is 0 Å². The van der Waals surface area contributed by atoms with Crippen molar-refractivity contribution in [3.05, 3.63) is 0 Å². The van der Waals surface area contributed by atoms with Crippen LogP contribution in [0.15, 0.2) is 0 Å². The lowest BCUT2D eigenvalue weighted by atomic mass is 9.93. The molecular weight excluding hydrogens is 264 g/mol. The van der Waals surface area contributed by atoms with Crippen molar-refractivity contribution in [1.29, 1.82) is 0 Å². The van der Waals surface area contributed by atoms with E-state index < -0.39 is 48.8 Å². The van der Waals surface area contributed by atoms with Gasteiger partial charge in [0.2, 0.25) is 0 Å². The van der Waals surface area contributed by atoms with E-state index >= 15 is 0 Å². The fourth-order valence-electron chi connectivity index (χ4n) is 1.38. The Hall–Kier alpha value is -0.650. The Kier molecular flexibility index (Phi) is 7.55. The molecule has 0 amide bonds. The van der Waals surface area contributed by atoms with E-state index in [1.165, 1.54) is 0 Å². The predicted octanol–water partition coefficient (Wildman–Crippen LogP) is -4.91. The van der Waals surface area contributed by atoms with Gasteiger partial charge in [-0.05, 0) is 6.92 Å². The third-order valence-corrected chi connectivity index (χ3v) is 2.73. The smallest absolute Gasteiger partial charge is 0.151 e. The maximum absolute atomic E-state index is 10.2. The lowest BCUT2D eigenvalue weighted by Crippen LogP contribution is -2.55. The average Bonchev–Trinajstić information content (AvgIpc) is 2.40. The fourth-order valence-corrected chi connectivity index (χ4v) is 1.38. The van der Waals surface area contributed by atoms with E-state index in [1.54, 1.807) is 0 Å². The van der Waals surface area contributed by atoms with Gasteiger partial charge in [0.25, 0.3) is 0 Å². The number of aliphatic hydroxyl groups excluding tert-OH is 8. The van der Waals surface area contributed by atoms with Crippen LogP contribution >= 0.6 is 0 Å². The first kappa shape index (κ1) is 18.4. The van der Waals surface area contributed by atoms with Crippen molar-refractivity contribution < 1.29 is 45.6 Å². The maximum atomic E-state index is 10.2. The Morgan fingerprint density at radius 2 is 0.947 bits per heavy atom. The van der Waals surface area contributed by atoms with Crippen LogP contribution in [0.3, 0.4) is 0 Å². The summed E-state index contributed by atoms with van der Waals surface area (Å²) in [5.74, 6) is 0. The zero-order valence-corrected chi connectivity index (χ0v) is 10.2. The second-order valence-electron chi connectivity index (χ2n) is 4.31. The van der Waals surface area contributed by atoms with E-state index in [2.05, 4.69) is 0 Å². The number of aliphatic hydroxyl groups is 8. The summed E-state index contributed by atoms with van der Waals surface area (Å²) in [5.41, 5.74) is 0. The molecule has 114 valence electrons. The normalized spacial score (nSPS) is 24.7. The van der Waals surface area contributed by atoms with Crippen molar-refractivity contribution in [2.24, 2.45) is 0 Å². The lowest BCUT2D eigenvalue weighted by molar-refractivity contribution is -0.175. The predicted molar refractivity (Wildman–Crippen MR) is 59.8 cm³/mol. The third-order valence-electron chi connectivity index (χ3n) is 2.73. The van der Waals surface area contributed by atoms with Gasteiger partial charge < -0.3 is 45.6 Å². The van der Waals surface area contributed by atoms with Crippen molar-refractivity contribution in [2.75, 3.05) is 0 Å². The van der Waals surface area contributed by atoms with Crippen LogP contribution < -0.4 is 0 Å². The Labute approximate surface area is 109 Å². The second-order valence-corrected chi connectivity index (χ2v) is 4.31. The molecule has 19 heavy (non-hydrogen) atoms. The minimum absolute atomic E-state index is 0.0892. The van der Waals surface area contributed by atoms with Crippen molar-refractivity contribution >= 4 is 6.29 Å². The quantitative estimate of drug-likeness (QED) is 0.203. The molecule has 0 aliphatic heterocycles. The zero-order valence-electron chi connectivity index (χ0n) is 10.2. The van der Waals surface area contributed by atoms with Gasteiger partial charge in [-0.25, -0.2) is 0 Å². The first-order valence-corrected chi connectivity index (χ1v) is 5.55. The van der Waals surface area contributed by atoms with E-state index in [-0.39, 0.29) is 6.29 Å². The van der Waals surface area contributed by atoms with Gasteiger partial charge in [-0.2, -0.15) is 0 Å². The molecule has 0 fully saturated rings. The van der Waals surface area contributed by atoms with Crippen LogP contribution in [-0.4, -0.2) is 96.0 Å². The monoisotopic (exact) mass is 284 g/mol. The van der Waals surface area contributed by atoms with Gasteiger partial charge in [0.15, 0.2) is 6.29 Å². The number of hydrogen-bond acceptors (Lipinski definition) is 9. The Balaban J connectivity index is 4.71. The highest BCUT2D eigenvalue weighted by Crippen LogP contribution is 2.14. The van der Waals surface area contributed by atoms with E-state index in [9.17, 15) is 35.4 Å². The molecule has 9 heteroatoms. The topological polar surface area (TPSA) is 179 Å². The summed E-state index contributed by atoms with van der Waals surface area (Å²) < 4.78 is 0. The fraction of sp³-hybridized carbons (Fsp3) is 0.900. The van der Waals surface area contributed by atoms with Gasteiger partial charge in [-0.1, -0.05) is 0 Å². The molecule has 0 heterocycles. The third kappa shape index (κ3) is 4.75. The molecule has 0 aromatic carbocycles. The first-order valence-electron chi connectivity index (χ1n) is 5.55. The molecule has 0 spiro atoms. The molecule has 9 nitrogen and oxygen atoms in total. The summed E-state index contributed by atoms with van der Waals surface area (Å²) in [6.07, 6.45) is -15.8. The maximum Gasteiger partial charge on any atom is 0.151 e. The summed E-state index contributed by atoms with van der Waals surface area (Å²) in [7, 11) is 0. The van der Waals surface area contributed by atoms with Gasteiger partial charge in [0.1, 0.15) is 42.7 Å². The van der Waals surface area contributed by atoms with Crippen LogP contribution in [0.5, 0.6) is 0 Å². The molecule has 0 aliphatic rings. The van der Waals surface area contributed by atoms with Crippen LogP contribution in [0.4, 0.5) is 0 Å². The highest BCUT2D eigenvalue weighted by Gasteiger charge is 2.39. The van der Waals surface area contributed by atoms with E-state index in [0.717, 1.165) is 6.92 Å². The van der Waals surface area contributed by atoms with Gasteiger partial charge in [-0.3, -0.25) is 0 Å². The van der Waals surface area contributed by atoms with Crippen molar-refractivity contribution in [3.63, 3.8) is 0 Å². The van der Waals surface area contributed by atoms with Crippen molar-refractivity contribution in [3.8, 4) is 0 Å². The molecule has 0 aromatic rings. The molecule has 0 unspecified atom stereocenters. The van der Waals surface area contributed by atoms with Gasteiger partial charge in [-0.15, -0.1) is 0 Å². The number of carbonyl (C=O) groups excluding carboxylic acids is 1. The van der Waals surface area contributed by atoms with Crippen LogP contribution in [0, 0.1) is 0 Å². The summed E-state index contributed by atoms with van der Waals surface area (Å²) in [6.45, 7) is 1.12. The highest BCUT2D eigenvalue weighted by molar-refractivity contribution is 5.56. The number of hydrogen-bond donors (Lipinski definition) is 8. The second kappa shape index (κ2) is 7.82. The van der Waals surface area contributed by atoms with Crippen LogP contribution in [0.2, 0.25) is 0 Å². The van der Waals surface area contributed by atoms with Crippen LogP contribution in [-0.2, 0) is 4.79 Å². The molecule has 0 aromatic heterocycles. The lowest BCUT2D eigenvalue weighted by Gasteiger charge is -2.32. The van der Waals surface area contributed by atoms with Crippen molar-refractivity contribution in [1.82, 2.24) is 0 Å². The molecule has 8 atom stereocenters. The number of carbonyl (C=O) groups is 1. The van der Waals surface area contributed by atoms with Crippen LogP contribution in [0.1, 0.15) is 6.92 Å². The Morgan fingerprint density at radius 1 is 0.632 bits per heavy atom. The summed E-state index contributed by atoms with van der Waals surface area (Å²) >= 11 is 0. The molecule has 0 rings (SSSR count). The van der Waals surface area contributed by atoms with Gasteiger partial charge >= 0.3 is 0 Å². The molecule has 0 bridgehead atoms. The van der Waals surface area contributed by atoms with Crippen molar-refractivity contribution in [2.45, 2.75) is 55.8 Å². The number of aldehydes is 1. The highest BCUT2D eigenvalue weighted by atomic mass is 16.4. The standard InChI is InChI=1S/C10H20O9/c1-3(12)5(14)7(16)9(18)10(19)8(17)6(15)4(13)2-11/h2-10,12-19H,1H3/t3-,4+,5-,6-,7+,8+,9-,10+/m1/s1. The average molecular weight is 284 g/mol. The first-order chi connectivity index (χ1) is 8.64. The zero-order chi connectivity index (χ0) is 15.3. The van der Waals surface area contributed by atoms with Crippen LogP contribution in [0.25, 0.3) is 0 Å². The minimum atomic E-state index is -2.16. The van der Waals surface area contributed by atoms with E-state index in [4.69, 9.17) is 10.2 Å². The Morgan fingerprint density at radius 3 is 1.26 bits per heavy atom. The molecule has 0 radical (unpaired) electrons. The summed E-state index contributed by atoms with van der Waals surface area (Å²) in [4.78, 5) is 10.2. The van der Waals surface area contributed by atoms with E-state index in [1.807, 2.05) is 0 Å². The molecule has 0 aliphatic carbocycles.